The van der Waals surface area contributed by atoms with Crippen molar-refractivity contribution < 1.29 is 9.53 Å². The minimum absolute atomic E-state index is 0.155. The standard InChI is InChI=1S/C17H21N3O2S/c1-13-6-7-15(23-13)17(21)20-10-8-19(9-11-20)12-14-4-3-5-16(18-14)22-2/h3-7H,8-12H2,1-2H3. The van der Waals surface area contributed by atoms with E-state index >= 15 is 0 Å². The zero-order valence-corrected chi connectivity index (χ0v) is 14.3. The lowest BCUT2D eigenvalue weighted by Gasteiger charge is -2.34. The summed E-state index contributed by atoms with van der Waals surface area (Å²) in [7, 11) is 1.63. The van der Waals surface area contributed by atoms with E-state index in [0.29, 0.717) is 5.88 Å². The summed E-state index contributed by atoms with van der Waals surface area (Å²) in [5, 5.41) is 0. The largest absolute Gasteiger partial charge is 0.481 e. The number of amides is 1. The zero-order chi connectivity index (χ0) is 16.2. The number of rotatable bonds is 4. The second kappa shape index (κ2) is 7.10. The smallest absolute Gasteiger partial charge is 0.264 e. The summed E-state index contributed by atoms with van der Waals surface area (Å²) < 4.78 is 5.16. The van der Waals surface area contributed by atoms with Crippen molar-refractivity contribution in [3.63, 3.8) is 0 Å². The molecule has 1 saturated heterocycles. The Balaban J connectivity index is 1.55. The third-order valence-corrected chi connectivity index (χ3v) is 4.98. The minimum atomic E-state index is 0.155. The highest BCUT2D eigenvalue weighted by Gasteiger charge is 2.23. The van der Waals surface area contributed by atoms with Gasteiger partial charge >= 0.3 is 0 Å². The highest BCUT2D eigenvalue weighted by atomic mass is 32.1. The molecule has 0 aliphatic carbocycles. The van der Waals surface area contributed by atoms with Crippen LogP contribution < -0.4 is 4.74 Å². The summed E-state index contributed by atoms with van der Waals surface area (Å²) >= 11 is 1.57. The van der Waals surface area contributed by atoms with Crippen molar-refractivity contribution in [2.24, 2.45) is 0 Å². The highest BCUT2D eigenvalue weighted by molar-refractivity contribution is 7.13. The number of methoxy groups -OCH3 is 1. The van der Waals surface area contributed by atoms with E-state index in [-0.39, 0.29) is 5.91 Å². The van der Waals surface area contributed by atoms with Gasteiger partial charge in [0.05, 0.1) is 17.7 Å². The monoisotopic (exact) mass is 331 g/mol. The predicted octanol–water partition coefficient (Wildman–Crippen LogP) is 2.42. The molecule has 1 amide bonds. The van der Waals surface area contributed by atoms with E-state index in [1.807, 2.05) is 42.2 Å². The molecule has 2 aromatic heterocycles. The van der Waals surface area contributed by atoms with Crippen LogP contribution in [0.25, 0.3) is 0 Å². The van der Waals surface area contributed by atoms with Crippen LogP contribution in [0.4, 0.5) is 0 Å². The van der Waals surface area contributed by atoms with E-state index in [4.69, 9.17) is 4.74 Å². The molecule has 0 aromatic carbocycles. The summed E-state index contributed by atoms with van der Waals surface area (Å²) in [6.07, 6.45) is 0. The molecular formula is C17H21N3O2S. The predicted molar refractivity (Wildman–Crippen MR) is 91.0 cm³/mol. The Labute approximate surface area is 140 Å². The number of pyridine rings is 1. The molecule has 2 aromatic rings. The van der Waals surface area contributed by atoms with E-state index in [2.05, 4.69) is 9.88 Å². The Kier molecular flexibility index (Phi) is 4.93. The molecule has 0 spiro atoms. The third kappa shape index (κ3) is 3.89. The lowest BCUT2D eigenvalue weighted by Crippen LogP contribution is -2.48. The van der Waals surface area contributed by atoms with E-state index in [1.165, 1.54) is 4.88 Å². The van der Waals surface area contributed by atoms with Gasteiger partial charge in [0, 0.05) is 43.7 Å². The van der Waals surface area contributed by atoms with Gasteiger partial charge in [-0.05, 0) is 25.1 Å². The second-order valence-corrected chi connectivity index (χ2v) is 6.94. The third-order valence-electron chi connectivity index (χ3n) is 3.99. The molecule has 3 rings (SSSR count). The van der Waals surface area contributed by atoms with E-state index in [9.17, 15) is 4.79 Å². The van der Waals surface area contributed by atoms with Crippen molar-refractivity contribution in [1.29, 1.82) is 0 Å². The van der Waals surface area contributed by atoms with Crippen LogP contribution >= 0.6 is 11.3 Å². The number of piperazine rings is 1. The first-order valence-electron chi connectivity index (χ1n) is 7.73. The molecule has 0 radical (unpaired) electrons. The van der Waals surface area contributed by atoms with Crippen LogP contribution in [0, 0.1) is 6.92 Å². The van der Waals surface area contributed by atoms with Gasteiger partial charge in [-0.2, -0.15) is 0 Å². The maximum atomic E-state index is 12.5. The number of carbonyl (C=O) groups is 1. The lowest BCUT2D eigenvalue weighted by atomic mass is 10.2. The van der Waals surface area contributed by atoms with Crippen molar-refractivity contribution in [3.05, 3.63) is 45.8 Å². The quantitative estimate of drug-likeness (QED) is 0.863. The molecule has 1 aliphatic heterocycles. The van der Waals surface area contributed by atoms with Crippen LogP contribution in [0.15, 0.2) is 30.3 Å². The van der Waals surface area contributed by atoms with Gasteiger partial charge in [0.1, 0.15) is 0 Å². The van der Waals surface area contributed by atoms with Gasteiger partial charge in [0.25, 0.3) is 5.91 Å². The first-order valence-corrected chi connectivity index (χ1v) is 8.55. The Morgan fingerprint density at radius 2 is 2.00 bits per heavy atom. The van der Waals surface area contributed by atoms with Gasteiger partial charge in [0.15, 0.2) is 0 Å². The molecule has 1 fully saturated rings. The summed E-state index contributed by atoms with van der Waals surface area (Å²) in [6, 6.07) is 9.75. The second-order valence-electron chi connectivity index (χ2n) is 5.65. The fraction of sp³-hybridized carbons (Fsp3) is 0.412. The number of ether oxygens (including phenoxy) is 1. The Morgan fingerprint density at radius 1 is 1.22 bits per heavy atom. The number of hydrogen-bond donors (Lipinski definition) is 0. The number of aromatic nitrogens is 1. The molecule has 122 valence electrons. The minimum Gasteiger partial charge on any atom is -0.481 e. The molecule has 23 heavy (non-hydrogen) atoms. The molecule has 0 bridgehead atoms. The first-order chi connectivity index (χ1) is 11.2. The van der Waals surface area contributed by atoms with Crippen LogP contribution in [-0.2, 0) is 6.54 Å². The molecule has 0 unspecified atom stereocenters. The Morgan fingerprint density at radius 3 is 2.65 bits per heavy atom. The van der Waals surface area contributed by atoms with E-state index in [1.54, 1.807) is 18.4 Å². The Bertz CT molecular complexity index is 678. The fourth-order valence-electron chi connectivity index (χ4n) is 2.70. The number of carbonyl (C=O) groups excluding carboxylic acids is 1. The molecule has 0 saturated carbocycles. The maximum Gasteiger partial charge on any atom is 0.264 e. The summed E-state index contributed by atoms with van der Waals surface area (Å²) in [4.78, 5) is 23.2. The van der Waals surface area contributed by atoms with Gasteiger partial charge in [-0.3, -0.25) is 9.69 Å². The van der Waals surface area contributed by atoms with Crippen molar-refractivity contribution >= 4 is 17.2 Å². The van der Waals surface area contributed by atoms with Gasteiger partial charge in [0.2, 0.25) is 5.88 Å². The molecule has 6 heteroatoms. The average Bonchev–Trinajstić information content (AvgIpc) is 3.01. The van der Waals surface area contributed by atoms with Crippen LogP contribution in [0.1, 0.15) is 20.2 Å². The van der Waals surface area contributed by atoms with Crippen LogP contribution in [-0.4, -0.2) is 54.0 Å². The number of aryl methyl sites for hydroxylation is 1. The van der Waals surface area contributed by atoms with Crippen molar-refractivity contribution in [1.82, 2.24) is 14.8 Å². The van der Waals surface area contributed by atoms with E-state index < -0.39 is 0 Å². The molecular weight excluding hydrogens is 310 g/mol. The molecule has 5 nitrogen and oxygen atoms in total. The SMILES string of the molecule is COc1cccc(CN2CCN(C(=O)c3ccc(C)s3)CC2)n1. The number of nitrogens with zero attached hydrogens (tertiary/aromatic N) is 3. The van der Waals surface area contributed by atoms with E-state index in [0.717, 1.165) is 43.3 Å². The van der Waals surface area contributed by atoms with Crippen LogP contribution in [0.5, 0.6) is 5.88 Å². The van der Waals surface area contributed by atoms with Gasteiger partial charge in [-0.15, -0.1) is 11.3 Å². The van der Waals surface area contributed by atoms with Gasteiger partial charge in [-0.25, -0.2) is 4.98 Å². The maximum absolute atomic E-state index is 12.5. The van der Waals surface area contributed by atoms with Crippen LogP contribution in [0.3, 0.4) is 0 Å². The normalized spacial score (nSPS) is 15.7. The number of hydrogen-bond acceptors (Lipinski definition) is 5. The summed E-state index contributed by atoms with van der Waals surface area (Å²) in [6.45, 7) is 6.08. The molecule has 3 heterocycles. The van der Waals surface area contributed by atoms with Gasteiger partial charge in [-0.1, -0.05) is 6.07 Å². The Hall–Kier alpha value is -1.92. The fourth-order valence-corrected chi connectivity index (χ4v) is 3.54. The lowest BCUT2D eigenvalue weighted by molar-refractivity contribution is 0.0631. The summed E-state index contributed by atoms with van der Waals surface area (Å²) in [5.74, 6) is 0.798. The van der Waals surface area contributed by atoms with Crippen molar-refractivity contribution in [2.75, 3.05) is 33.3 Å². The molecule has 0 N–H and O–H groups in total. The van der Waals surface area contributed by atoms with Gasteiger partial charge < -0.3 is 9.64 Å². The topological polar surface area (TPSA) is 45.7 Å². The first kappa shape index (κ1) is 16.0. The highest BCUT2D eigenvalue weighted by Crippen LogP contribution is 2.18. The average molecular weight is 331 g/mol. The number of thiophene rings is 1. The zero-order valence-electron chi connectivity index (χ0n) is 13.5. The summed E-state index contributed by atoms with van der Waals surface area (Å²) in [5.41, 5.74) is 0.998. The molecule has 1 aliphatic rings. The molecule has 0 atom stereocenters. The van der Waals surface area contributed by atoms with Crippen molar-refractivity contribution in [2.45, 2.75) is 13.5 Å². The van der Waals surface area contributed by atoms with Crippen LogP contribution in [0.2, 0.25) is 0 Å². The van der Waals surface area contributed by atoms with Crippen molar-refractivity contribution in [3.8, 4) is 5.88 Å².